The maximum Gasteiger partial charge on any atom is 0.349 e. The number of halogens is 1. The van der Waals surface area contributed by atoms with Gasteiger partial charge in [-0.2, -0.15) is 0 Å². The van der Waals surface area contributed by atoms with Gasteiger partial charge in [0.1, 0.15) is 4.88 Å². The predicted octanol–water partition coefficient (Wildman–Crippen LogP) is 3.47. The van der Waals surface area contributed by atoms with E-state index in [9.17, 15) is 9.59 Å². The van der Waals surface area contributed by atoms with Crippen LogP contribution in [-0.4, -0.2) is 23.0 Å². The molecule has 2 aromatic heterocycles. The molecule has 1 aliphatic carbocycles. The third-order valence-electron chi connectivity index (χ3n) is 3.62. The number of rotatable bonds is 4. The van der Waals surface area contributed by atoms with Crippen molar-refractivity contribution >= 4 is 40.5 Å². The number of aromatic nitrogens is 1. The lowest BCUT2D eigenvalue weighted by atomic mass is 10.2. The number of hydrogen-bond acceptors (Lipinski definition) is 5. The molecule has 1 aliphatic rings. The zero-order valence-electron chi connectivity index (χ0n) is 12.5. The molecule has 0 unspecified atom stereocenters. The Kier molecular flexibility index (Phi) is 4.63. The van der Waals surface area contributed by atoms with Gasteiger partial charge in [-0.15, -0.1) is 11.3 Å². The Morgan fingerprint density at radius 1 is 1.43 bits per heavy atom. The molecule has 0 radical (unpaired) electrons. The van der Waals surface area contributed by atoms with Gasteiger partial charge in [0, 0.05) is 11.1 Å². The number of nitrogens with zero attached hydrogens (tertiary/aromatic N) is 1. The van der Waals surface area contributed by atoms with Crippen molar-refractivity contribution in [2.45, 2.75) is 32.3 Å². The minimum atomic E-state index is -0.921. The molecule has 0 aliphatic heterocycles. The van der Waals surface area contributed by atoms with Gasteiger partial charge < -0.3 is 10.1 Å². The highest BCUT2D eigenvalue weighted by Crippen LogP contribution is 2.31. The number of carbonyl (C=O) groups excluding carboxylic acids is 2. The summed E-state index contributed by atoms with van der Waals surface area (Å²) in [4.78, 5) is 29.9. The Bertz CT molecular complexity index is 738. The van der Waals surface area contributed by atoms with E-state index in [1.165, 1.54) is 34.9 Å². The number of carbonyl (C=O) groups is 2. The number of fused-ring (bicyclic) bond motifs is 1. The van der Waals surface area contributed by atoms with E-state index in [4.69, 9.17) is 16.3 Å². The first-order valence-corrected chi connectivity index (χ1v) is 8.48. The summed E-state index contributed by atoms with van der Waals surface area (Å²) in [5, 5.41) is 2.79. The molecule has 1 atom stereocenters. The summed E-state index contributed by atoms with van der Waals surface area (Å²) in [6, 6.07) is 5.16. The third kappa shape index (κ3) is 3.54. The van der Waals surface area contributed by atoms with Crippen LogP contribution in [0.4, 0.5) is 5.69 Å². The molecule has 3 rings (SSSR count). The van der Waals surface area contributed by atoms with Crippen molar-refractivity contribution in [3.8, 4) is 0 Å². The summed E-state index contributed by atoms with van der Waals surface area (Å²) >= 11 is 7.34. The lowest BCUT2D eigenvalue weighted by molar-refractivity contribution is -0.123. The SMILES string of the molecule is C[C@@H](OC(=O)c1cc2c(s1)CCC2)C(=O)Nc1cccnc1Cl. The first-order chi connectivity index (χ1) is 11.0. The number of nitrogens with one attached hydrogen (secondary N) is 1. The molecule has 0 fully saturated rings. The lowest BCUT2D eigenvalue weighted by Gasteiger charge is -2.13. The van der Waals surface area contributed by atoms with Gasteiger partial charge in [0.05, 0.1) is 5.69 Å². The van der Waals surface area contributed by atoms with Crippen LogP contribution in [0.3, 0.4) is 0 Å². The summed E-state index contributed by atoms with van der Waals surface area (Å²) < 4.78 is 5.24. The Morgan fingerprint density at radius 3 is 3.00 bits per heavy atom. The van der Waals surface area contributed by atoms with Crippen LogP contribution in [0.5, 0.6) is 0 Å². The van der Waals surface area contributed by atoms with Gasteiger partial charge in [0.15, 0.2) is 11.3 Å². The van der Waals surface area contributed by atoms with Crippen LogP contribution in [0.15, 0.2) is 24.4 Å². The molecule has 2 heterocycles. The largest absolute Gasteiger partial charge is 0.448 e. The number of aryl methyl sites for hydroxylation is 2. The first-order valence-electron chi connectivity index (χ1n) is 7.28. The standard InChI is InChI=1S/C16H15ClN2O3S/c1-9(15(20)19-11-5-3-7-18-14(11)17)22-16(21)13-8-10-4-2-6-12(10)23-13/h3,5,7-9H,2,4,6H2,1H3,(H,19,20)/t9-/m1/s1. The van der Waals surface area contributed by atoms with Crippen molar-refractivity contribution in [2.75, 3.05) is 5.32 Å². The van der Waals surface area contributed by atoms with Crippen molar-refractivity contribution in [1.29, 1.82) is 0 Å². The minimum Gasteiger partial charge on any atom is -0.448 e. The van der Waals surface area contributed by atoms with Crippen LogP contribution >= 0.6 is 22.9 Å². The Balaban J connectivity index is 1.61. The monoisotopic (exact) mass is 350 g/mol. The number of ether oxygens (including phenoxy) is 1. The summed E-state index contributed by atoms with van der Waals surface area (Å²) in [6.45, 7) is 1.53. The topological polar surface area (TPSA) is 68.3 Å². The van der Waals surface area contributed by atoms with E-state index in [-0.39, 0.29) is 5.15 Å². The number of amides is 1. The molecule has 7 heteroatoms. The molecule has 0 saturated heterocycles. The second kappa shape index (κ2) is 6.68. The number of esters is 1. The molecule has 23 heavy (non-hydrogen) atoms. The maximum absolute atomic E-state index is 12.2. The molecular formula is C16H15ClN2O3S. The Morgan fingerprint density at radius 2 is 2.26 bits per heavy atom. The van der Waals surface area contributed by atoms with Crippen LogP contribution in [0, 0.1) is 0 Å². The molecule has 0 spiro atoms. The summed E-state index contributed by atoms with van der Waals surface area (Å²) in [7, 11) is 0. The molecular weight excluding hydrogens is 336 g/mol. The van der Waals surface area contributed by atoms with E-state index in [1.807, 2.05) is 6.07 Å². The number of pyridine rings is 1. The molecule has 0 saturated carbocycles. The highest BCUT2D eigenvalue weighted by molar-refractivity contribution is 7.14. The van der Waals surface area contributed by atoms with E-state index < -0.39 is 18.0 Å². The van der Waals surface area contributed by atoms with E-state index in [0.717, 1.165) is 19.3 Å². The fraction of sp³-hybridized carbons (Fsp3) is 0.312. The molecule has 1 amide bonds. The Labute approximate surface area is 142 Å². The van der Waals surface area contributed by atoms with Crippen LogP contribution in [0.2, 0.25) is 5.15 Å². The van der Waals surface area contributed by atoms with Crippen molar-refractivity contribution in [1.82, 2.24) is 4.98 Å². The first kappa shape index (κ1) is 16.0. The van der Waals surface area contributed by atoms with Crippen molar-refractivity contribution in [3.05, 3.63) is 44.9 Å². The second-order valence-corrected chi connectivity index (χ2v) is 6.79. The number of anilines is 1. The van der Waals surface area contributed by atoms with E-state index >= 15 is 0 Å². The van der Waals surface area contributed by atoms with Crippen LogP contribution in [0.1, 0.15) is 33.5 Å². The fourth-order valence-corrected chi connectivity index (χ4v) is 3.72. The van der Waals surface area contributed by atoms with Gasteiger partial charge in [-0.05, 0) is 49.9 Å². The molecule has 0 bridgehead atoms. The van der Waals surface area contributed by atoms with Gasteiger partial charge in [-0.3, -0.25) is 4.79 Å². The van der Waals surface area contributed by atoms with Crippen LogP contribution in [-0.2, 0) is 22.4 Å². The summed E-state index contributed by atoms with van der Waals surface area (Å²) in [5.41, 5.74) is 1.61. The average molecular weight is 351 g/mol. The van der Waals surface area contributed by atoms with Crippen molar-refractivity contribution < 1.29 is 14.3 Å². The quantitative estimate of drug-likeness (QED) is 0.677. The average Bonchev–Trinajstić information content (AvgIpc) is 3.10. The smallest absolute Gasteiger partial charge is 0.349 e. The molecule has 5 nitrogen and oxygen atoms in total. The van der Waals surface area contributed by atoms with E-state index in [0.29, 0.717) is 10.6 Å². The summed E-state index contributed by atoms with van der Waals surface area (Å²) in [6.07, 6.45) is 3.77. The number of thiophene rings is 1. The molecule has 1 N–H and O–H groups in total. The van der Waals surface area contributed by atoms with Gasteiger partial charge in [0.25, 0.3) is 5.91 Å². The molecule has 0 aromatic carbocycles. The predicted molar refractivity (Wildman–Crippen MR) is 89.1 cm³/mol. The fourth-order valence-electron chi connectivity index (χ4n) is 2.42. The minimum absolute atomic E-state index is 0.189. The van der Waals surface area contributed by atoms with Gasteiger partial charge >= 0.3 is 5.97 Å². The van der Waals surface area contributed by atoms with Gasteiger partial charge in [0.2, 0.25) is 0 Å². The Hall–Kier alpha value is -1.92. The number of hydrogen-bond donors (Lipinski definition) is 1. The normalized spacial score (nSPS) is 14.2. The zero-order valence-corrected chi connectivity index (χ0v) is 14.0. The van der Waals surface area contributed by atoms with E-state index in [1.54, 1.807) is 12.1 Å². The van der Waals surface area contributed by atoms with Crippen molar-refractivity contribution in [2.24, 2.45) is 0 Å². The second-order valence-electron chi connectivity index (χ2n) is 5.29. The van der Waals surface area contributed by atoms with Gasteiger partial charge in [-0.25, -0.2) is 9.78 Å². The summed E-state index contributed by atoms with van der Waals surface area (Å²) in [5.74, 6) is -0.915. The highest BCUT2D eigenvalue weighted by Gasteiger charge is 2.23. The van der Waals surface area contributed by atoms with Gasteiger partial charge in [-0.1, -0.05) is 11.6 Å². The zero-order chi connectivity index (χ0) is 16.4. The third-order valence-corrected chi connectivity index (χ3v) is 5.14. The molecule has 120 valence electrons. The molecule has 2 aromatic rings. The van der Waals surface area contributed by atoms with Crippen LogP contribution in [0.25, 0.3) is 0 Å². The lowest BCUT2D eigenvalue weighted by Crippen LogP contribution is -2.30. The van der Waals surface area contributed by atoms with Crippen LogP contribution < -0.4 is 5.32 Å². The van der Waals surface area contributed by atoms with E-state index in [2.05, 4.69) is 10.3 Å². The van der Waals surface area contributed by atoms with Crippen molar-refractivity contribution in [3.63, 3.8) is 0 Å². The maximum atomic E-state index is 12.2. The highest BCUT2D eigenvalue weighted by atomic mass is 35.5.